The summed E-state index contributed by atoms with van der Waals surface area (Å²) in [6.45, 7) is 7.40. The topological polar surface area (TPSA) is 237 Å². The quantitative estimate of drug-likeness (QED) is 0.0222. The highest BCUT2D eigenvalue weighted by Crippen LogP contribution is 2.45. The Kier molecular flexibility index (Phi) is 78.2. The van der Waals surface area contributed by atoms with E-state index in [1.807, 2.05) is 0 Å². The molecule has 0 amide bonds. The van der Waals surface area contributed by atoms with Crippen molar-refractivity contribution in [1.29, 1.82) is 0 Å². The lowest BCUT2D eigenvalue weighted by molar-refractivity contribution is -0.161. The molecule has 0 aliphatic rings. The van der Waals surface area contributed by atoms with Gasteiger partial charge in [0, 0.05) is 25.7 Å². The van der Waals surface area contributed by atoms with Gasteiger partial charge in [0.05, 0.1) is 26.4 Å². The fourth-order valence-electron chi connectivity index (χ4n) is 13.6. The average Bonchev–Trinajstić information content (AvgIpc) is 0.905. The Morgan fingerprint density at radius 2 is 0.434 bits per heavy atom. The van der Waals surface area contributed by atoms with Crippen molar-refractivity contribution < 1.29 is 80.2 Å². The van der Waals surface area contributed by atoms with Gasteiger partial charge in [0.1, 0.15) is 19.3 Å². The van der Waals surface area contributed by atoms with Crippen LogP contribution in [-0.4, -0.2) is 96.7 Å². The maximum atomic E-state index is 13.2. The van der Waals surface area contributed by atoms with Crippen LogP contribution in [0.15, 0.2) is 0 Å². The van der Waals surface area contributed by atoms with Gasteiger partial charge in [-0.15, -0.1) is 0 Å². The van der Waals surface area contributed by atoms with E-state index < -0.39 is 97.5 Å². The summed E-state index contributed by atoms with van der Waals surface area (Å²) in [5.74, 6) is -1.30. The standard InChI is InChI=1S/C87H170O17P2/c1-6-9-12-15-18-21-24-27-29-31-32-33-34-35-37-42-48-53-58-63-68-73-87(92)104-83(77-98-85(90)71-66-61-56-51-46-43-38-40-44-49-54-59-64-69-80(4)5)79-102-106(95,96)100-75-81(88)74-99-105(93,94)101-78-82(76-97-84(89)70-65-60-55-50-45-39-26-23-20-17-14-11-8-3)103-86(91)72-67-62-57-52-47-41-36-30-28-25-22-19-16-13-10-7-2/h80-83,88H,6-79H2,1-5H3,(H,93,94)(H,95,96)/t81-,82+,83+/m0/s1. The van der Waals surface area contributed by atoms with Crippen molar-refractivity contribution in [3.63, 3.8) is 0 Å². The largest absolute Gasteiger partial charge is 0.472 e. The van der Waals surface area contributed by atoms with Crippen LogP contribution in [-0.2, 0) is 65.4 Å². The number of rotatable bonds is 87. The van der Waals surface area contributed by atoms with E-state index in [1.165, 1.54) is 295 Å². The van der Waals surface area contributed by atoms with E-state index in [-0.39, 0.29) is 25.7 Å². The van der Waals surface area contributed by atoms with Gasteiger partial charge in [-0.2, -0.15) is 0 Å². The molecule has 0 spiro atoms. The summed E-state index contributed by atoms with van der Waals surface area (Å²) in [7, 11) is -9.93. The van der Waals surface area contributed by atoms with Gasteiger partial charge in [-0.05, 0) is 31.6 Å². The van der Waals surface area contributed by atoms with Gasteiger partial charge in [-0.25, -0.2) is 9.13 Å². The second-order valence-corrected chi connectivity index (χ2v) is 34.7. The molecule has 0 saturated carbocycles. The van der Waals surface area contributed by atoms with Gasteiger partial charge in [-0.3, -0.25) is 37.3 Å². The first-order chi connectivity index (χ1) is 51.5. The van der Waals surface area contributed by atoms with Crippen LogP contribution in [0.3, 0.4) is 0 Å². The maximum absolute atomic E-state index is 13.2. The SMILES string of the molecule is CCCCCCCCCCCCCCCCCCCCCCCC(=O)O[C@H](COC(=O)CCCCCCCCCCCCCCCC(C)C)COP(=O)(O)OC[C@@H](O)COP(=O)(O)OC[C@@H](COC(=O)CCCCCCCCCCCCCCC)OC(=O)CCCCCCCCCCCCCCCCCC. The molecule has 106 heavy (non-hydrogen) atoms. The fraction of sp³-hybridized carbons (Fsp3) is 0.954. The predicted molar refractivity (Wildman–Crippen MR) is 437 cm³/mol. The Labute approximate surface area is 651 Å². The third-order valence-electron chi connectivity index (χ3n) is 20.5. The monoisotopic (exact) mass is 1550 g/mol. The molecule has 0 fully saturated rings. The number of hydrogen-bond acceptors (Lipinski definition) is 15. The van der Waals surface area contributed by atoms with Gasteiger partial charge >= 0.3 is 39.5 Å². The molecule has 0 rings (SSSR count). The van der Waals surface area contributed by atoms with Crippen LogP contribution in [0.2, 0.25) is 0 Å². The van der Waals surface area contributed by atoms with Crippen molar-refractivity contribution in [3.05, 3.63) is 0 Å². The van der Waals surface area contributed by atoms with E-state index in [0.717, 1.165) is 95.8 Å². The van der Waals surface area contributed by atoms with Gasteiger partial charge in [0.2, 0.25) is 0 Å². The number of carbonyl (C=O) groups is 4. The van der Waals surface area contributed by atoms with Crippen LogP contribution in [0, 0.1) is 5.92 Å². The highest BCUT2D eigenvalue weighted by atomic mass is 31.2. The molecule has 0 aromatic rings. The summed E-state index contributed by atoms with van der Waals surface area (Å²) in [6.07, 6.45) is 73.5. The Morgan fingerprint density at radius 1 is 0.255 bits per heavy atom. The molecular formula is C87H170O17P2. The maximum Gasteiger partial charge on any atom is 0.472 e. The third-order valence-corrected chi connectivity index (χ3v) is 22.4. The summed E-state index contributed by atoms with van der Waals surface area (Å²) >= 11 is 0. The Morgan fingerprint density at radius 3 is 0.642 bits per heavy atom. The molecule has 0 radical (unpaired) electrons. The zero-order chi connectivity index (χ0) is 77.6. The fourth-order valence-corrected chi connectivity index (χ4v) is 15.2. The van der Waals surface area contributed by atoms with Crippen LogP contribution >= 0.6 is 15.6 Å². The number of aliphatic hydroxyl groups is 1. The second kappa shape index (κ2) is 79.7. The molecule has 2 unspecified atom stereocenters. The summed E-state index contributed by atoms with van der Waals surface area (Å²) in [5, 5.41) is 10.7. The zero-order valence-electron chi connectivity index (χ0n) is 69.6. The molecule has 19 heteroatoms. The average molecular weight is 1550 g/mol. The van der Waals surface area contributed by atoms with Crippen molar-refractivity contribution in [2.75, 3.05) is 39.6 Å². The molecular weight excluding hydrogens is 1380 g/mol. The lowest BCUT2D eigenvalue weighted by Crippen LogP contribution is -2.30. The predicted octanol–water partition coefficient (Wildman–Crippen LogP) is 26.8. The third kappa shape index (κ3) is 80.1. The highest BCUT2D eigenvalue weighted by molar-refractivity contribution is 7.47. The van der Waals surface area contributed by atoms with E-state index in [4.69, 9.17) is 37.0 Å². The van der Waals surface area contributed by atoms with Gasteiger partial charge < -0.3 is 33.8 Å². The van der Waals surface area contributed by atoms with E-state index in [9.17, 15) is 43.2 Å². The van der Waals surface area contributed by atoms with Gasteiger partial charge in [-0.1, -0.05) is 420 Å². The molecule has 17 nitrogen and oxygen atoms in total. The normalized spacial score (nSPS) is 13.7. The van der Waals surface area contributed by atoms with E-state index in [1.54, 1.807) is 0 Å². The number of phosphoric acid groups is 2. The van der Waals surface area contributed by atoms with Crippen LogP contribution in [0.4, 0.5) is 0 Å². The minimum absolute atomic E-state index is 0.109. The number of ether oxygens (including phenoxy) is 4. The molecule has 0 bridgehead atoms. The Balaban J connectivity index is 5.25. The molecule has 5 atom stereocenters. The number of esters is 4. The van der Waals surface area contributed by atoms with Gasteiger partial charge in [0.15, 0.2) is 12.2 Å². The number of aliphatic hydroxyl groups excluding tert-OH is 1. The summed E-state index contributed by atoms with van der Waals surface area (Å²) in [4.78, 5) is 73.3. The lowest BCUT2D eigenvalue weighted by Gasteiger charge is -2.21. The Bertz CT molecular complexity index is 2010. The van der Waals surface area contributed by atoms with Crippen molar-refractivity contribution in [1.82, 2.24) is 0 Å². The first-order valence-corrected chi connectivity index (χ1v) is 48.1. The molecule has 0 aromatic heterocycles. The molecule has 0 saturated heterocycles. The highest BCUT2D eigenvalue weighted by Gasteiger charge is 2.30. The van der Waals surface area contributed by atoms with E-state index >= 15 is 0 Å². The van der Waals surface area contributed by atoms with E-state index in [0.29, 0.717) is 25.7 Å². The minimum Gasteiger partial charge on any atom is -0.462 e. The molecule has 0 aliphatic heterocycles. The first-order valence-electron chi connectivity index (χ1n) is 45.1. The van der Waals surface area contributed by atoms with Crippen LogP contribution in [0.5, 0.6) is 0 Å². The van der Waals surface area contributed by atoms with Crippen LogP contribution in [0.1, 0.15) is 471 Å². The summed E-state index contributed by atoms with van der Waals surface area (Å²) in [6, 6.07) is 0. The minimum atomic E-state index is -4.97. The Hall–Kier alpha value is -1.94. The van der Waals surface area contributed by atoms with Crippen molar-refractivity contribution in [3.8, 4) is 0 Å². The zero-order valence-corrected chi connectivity index (χ0v) is 71.4. The summed E-state index contributed by atoms with van der Waals surface area (Å²) < 4.78 is 69.0. The van der Waals surface area contributed by atoms with E-state index in [2.05, 4.69) is 34.6 Å². The second-order valence-electron chi connectivity index (χ2n) is 31.8. The van der Waals surface area contributed by atoms with Crippen molar-refractivity contribution >= 4 is 39.5 Å². The first kappa shape index (κ1) is 104. The number of hydrogen-bond donors (Lipinski definition) is 3. The molecule has 3 N–H and O–H groups in total. The number of carbonyl (C=O) groups excluding carboxylic acids is 4. The smallest absolute Gasteiger partial charge is 0.462 e. The van der Waals surface area contributed by atoms with Crippen molar-refractivity contribution in [2.24, 2.45) is 5.92 Å². The van der Waals surface area contributed by atoms with Crippen molar-refractivity contribution in [2.45, 2.75) is 490 Å². The molecule has 0 aliphatic carbocycles. The molecule has 630 valence electrons. The number of unbranched alkanes of at least 4 members (excludes halogenated alkanes) is 59. The molecule has 0 aromatic carbocycles. The molecule has 0 heterocycles. The van der Waals surface area contributed by atoms with Crippen LogP contribution in [0.25, 0.3) is 0 Å². The number of phosphoric ester groups is 2. The van der Waals surface area contributed by atoms with Gasteiger partial charge in [0.25, 0.3) is 0 Å². The lowest BCUT2D eigenvalue weighted by atomic mass is 10.0. The van der Waals surface area contributed by atoms with Crippen LogP contribution < -0.4 is 0 Å². The summed E-state index contributed by atoms with van der Waals surface area (Å²) in [5.41, 5.74) is 0.